The van der Waals surface area contributed by atoms with E-state index < -0.39 is 22.1 Å². The predicted octanol–water partition coefficient (Wildman–Crippen LogP) is 3.49. The Bertz CT molecular complexity index is 982. The monoisotopic (exact) mass is 417 g/mol. The van der Waals surface area contributed by atoms with Crippen LogP contribution in [0.25, 0.3) is 10.6 Å². The van der Waals surface area contributed by atoms with Gasteiger partial charge in [0.05, 0.1) is 16.3 Å². The highest BCUT2D eigenvalue weighted by Gasteiger charge is 2.31. The molecule has 6 nitrogen and oxygen atoms in total. The van der Waals surface area contributed by atoms with Gasteiger partial charge in [0.1, 0.15) is 11.4 Å². The summed E-state index contributed by atoms with van der Waals surface area (Å²) in [5.74, 6) is -0.487. The summed E-state index contributed by atoms with van der Waals surface area (Å²) in [6.07, 6.45) is -3.09. The number of hydrogen-bond donors (Lipinski definition) is 1. The number of sulfonamides is 1. The minimum Gasteiger partial charge on any atom is -0.406 e. The standard InChI is InChI=1S/C16H14F3N3O3S2/c17-16(18,19)25-12-3-5-13(6-4-12)27(23,24)20-8-10-22-9-7-14(21-22)15-2-1-11-26-15/h1-7,9,11,20H,8,10H2. The summed E-state index contributed by atoms with van der Waals surface area (Å²) >= 11 is 1.55. The van der Waals surface area contributed by atoms with Gasteiger partial charge in [-0.3, -0.25) is 4.68 Å². The van der Waals surface area contributed by atoms with Gasteiger partial charge in [0.15, 0.2) is 0 Å². The Morgan fingerprint density at radius 1 is 1.15 bits per heavy atom. The van der Waals surface area contributed by atoms with Gasteiger partial charge in [-0.1, -0.05) is 6.07 Å². The Kier molecular flexibility index (Phi) is 5.53. The SMILES string of the molecule is O=S(=O)(NCCn1ccc(-c2cccs2)n1)c1ccc(OC(F)(F)F)cc1. The largest absolute Gasteiger partial charge is 0.573 e. The highest BCUT2D eigenvalue weighted by molar-refractivity contribution is 7.89. The van der Waals surface area contributed by atoms with Crippen molar-refractivity contribution in [2.24, 2.45) is 0 Å². The predicted molar refractivity (Wildman–Crippen MR) is 93.9 cm³/mol. The Hall–Kier alpha value is -2.37. The van der Waals surface area contributed by atoms with Crippen LogP contribution < -0.4 is 9.46 Å². The lowest BCUT2D eigenvalue weighted by atomic mass is 10.3. The van der Waals surface area contributed by atoms with Crippen LogP contribution in [0.3, 0.4) is 0 Å². The van der Waals surface area contributed by atoms with Gasteiger partial charge in [-0.05, 0) is 41.8 Å². The highest BCUT2D eigenvalue weighted by Crippen LogP contribution is 2.24. The first kappa shape index (κ1) is 19.4. The molecular weight excluding hydrogens is 403 g/mol. The summed E-state index contributed by atoms with van der Waals surface area (Å²) in [6, 6.07) is 9.67. The minimum absolute atomic E-state index is 0.0781. The first-order valence-electron chi connectivity index (χ1n) is 7.66. The van der Waals surface area contributed by atoms with E-state index in [1.165, 1.54) is 0 Å². The zero-order valence-electron chi connectivity index (χ0n) is 13.7. The molecule has 0 saturated carbocycles. The molecule has 0 atom stereocenters. The van der Waals surface area contributed by atoms with E-state index in [1.807, 2.05) is 23.6 Å². The molecule has 0 bridgehead atoms. The van der Waals surface area contributed by atoms with E-state index in [1.54, 1.807) is 22.2 Å². The molecule has 0 aliphatic carbocycles. The van der Waals surface area contributed by atoms with Gasteiger partial charge in [0, 0.05) is 12.7 Å². The third kappa shape index (κ3) is 5.31. The van der Waals surface area contributed by atoms with E-state index in [9.17, 15) is 21.6 Å². The lowest BCUT2D eigenvalue weighted by molar-refractivity contribution is -0.274. The number of thiophene rings is 1. The number of rotatable bonds is 7. The first-order chi connectivity index (χ1) is 12.7. The average molecular weight is 417 g/mol. The molecule has 3 rings (SSSR count). The molecule has 2 aromatic heterocycles. The van der Waals surface area contributed by atoms with E-state index in [4.69, 9.17) is 0 Å². The van der Waals surface area contributed by atoms with Crippen LogP contribution >= 0.6 is 11.3 Å². The van der Waals surface area contributed by atoms with Gasteiger partial charge in [0.2, 0.25) is 10.0 Å². The number of alkyl halides is 3. The van der Waals surface area contributed by atoms with Crippen molar-refractivity contribution in [1.82, 2.24) is 14.5 Å². The zero-order valence-corrected chi connectivity index (χ0v) is 15.3. The topological polar surface area (TPSA) is 73.2 Å². The summed E-state index contributed by atoms with van der Waals surface area (Å²) in [6.45, 7) is 0.384. The maximum atomic E-state index is 12.2. The maximum Gasteiger partial charge on any atom is 0.573 e. The zero-order chi connectivity index (χ0) is 19.5. The molecule has 0 spiro atoms. The summed E-state index contributed by atoms with van der Waals surface area (Å²) in [4.78, 5) is 0.854. The van der Waals surface area contributed by atoms with Crippen LogP contribution in [0.4, 0.5) is 13.2 Å². The number of ether oxygens (including phenoxy) is 1. The quantitative estimate of drug-likeness (QED) is 0.639. The van der Waals surface area contributed by atoms with E-state index in [2.05, 4.69) is 14.6 Å². The van der Waals surface area contributed by atoms with Crippen LogP contribution in [0.15, 0.2) is 58.9 Å². The molecule has 0 saturated heterocycles. The number of hydrogen-bond acceptors (Lipinski definition) is 5. The second-order valence-electron chi connectivity index (χ2n) is 5.36. The second kappa shape index (κ2) is 7.71. The fourth-order valence-electron chi connectivity index (χ4n) is 2.24. The van der Waals surface area contributed by atoms with Crippen molar-refractivity contribution < 1.29 is 26.3 Å². The smallest absolute Gasteiger partial charge is 0.406 e. The van der Waals surface area contributed by atoms with Crippen molar-refractivity contribution in [3.63, 3.8) is 0 Å². The second-order valence-corrected chi connectivity index (χ2v) is 8.07. The van der Waals surface area contributed by atoms with Crippen molar-refractivity contribution >= 4 is 21.4 Å². The van der Waals surface area contributed by atoms with Crippen LogP contribution in [0.5, 0.6) is 5.75 Å². The number of benzene rings is 1. The van der Waals surface area contributed by atoms with Crippen LogP contribution in [-0.2, 0) is 16.6 Å². The molecule has 1 aromatic carbocycles. The van der Waals surface area contributed by atoms with Gasteiger partial charge in [-0.25, -0.2) is 13.1 Å². The van der Waals surface area contributed by atoms with Crippen molar-refractivity contribution in [3.8, 4) is 16.3 Å². The highest BCUT2D eigenvalue weighted by atomic mass is 32.2. The van der Waals surface area contributed by atoms with Gasteiger partial charge in [-0.15, -0.1) is 24.5 Å². The average Bonchev–Trinajstić information content (AvgIpc) is 3.25. The third-order valence-corrected chi connectivity index (χ3v) is 5.78. The molecule has 144 valence electrons. The van der Waals surface area contributed by atoms with Crippen molar-refractivity contribution in [2.45, 2.75) is 17.8 Å². The molecule has 0 radical (unpaired) electrons. The number of nitrogens with zero attached hydrogens (tertiary/aromatic N) is 2. The Morgan fingerprint density at radius 2 is 1.89 bits per heavy atom. The molecule has 2 heterocycles. The van der Waals surface area contributed by atoms with Crippen LogP contribution in [0, 0.1) is 0 Å². The van der Waals surface area contributed by atoms with Crippen LogP contribution in [-0.4, -0.2) is 31.1 Å². The Labute approximate surface area is 157 Å². The lowest BCUT2D eigenvalue weighted by Gasteiger charge is -2.10. The molecule has 27 heavy (non-hydrogen) atoms. The minimum atomic E-state index is -4.83. The summed E-state index contributed by atoms with van der Waals surface area (Å²) in [7, 11) is -3.85. The summed E-state index contributed by atoms with van der Waals surface area (Å²) in [5.41, 5.74) is 0.799. The molecule has 3 aromatic rings. The molecule has 0 unspecified atom stereocenters. The molecule has 0 fully saturated rings. The Balaban J connectivity index is 1.57. The Morgan fingerprint density at radius 3 is 2.52 bits per heavy atom. The van der Waals surface area contributed by atoms with E-state index in [0.29, 0.717) is 6.54 Å². The molecule has 1 N–H and O–H groups in total. The fourth-order valence-corrected chi connectivity index (χ4v) is 3.95. The maximum absolute atomic E-state index is 12.2. The summed E-state index contributed by atoms with van der Waals surface area (Å²) < 4.78 is 68.5. The molecular formula is C16H14F3N3O3S2. The van der Waals surface area contributed by atoms with Gasteiger partial charge >= 0.3 is 6.36 Å². The van der Waals surface area contributed by atoms with Gasteiger partial charge < -0.3 is 4.74 Å². The number of halogens is 3. The number of aromatic nitrogens is 2. The summed E-state index contributed by atoms with van der Waals surface area (Å²) in [5, 5.41) is 6.30. The van der Waals surface area contributed by atoms with Crippen LogP contribution in [0.1, 0.15) is 0 Å². The van der Waals surface area contributed by atoms with E-state index in [0.717, 1.165) is 34.8 Å². The third-order valence-electron chi connectivity index (χ3n) is 3.41. The van der Waals surface area contributed by atoms with Crippen LogP contribution in [0.2, 0.25) is 0 Å². The lowest BCUT2D eigenvalue weighted by Crippen LogP contribution is -2.27. The molecule has 0 aliphatic rings. The van der Waals surface area contributed by atoms with E-state index in [-0.39, 0.29) is 11.4 Å². The first-order valence-corrected chi connectivity index (χ1v) is 10.0. The normalized spacial score (nSPS) is 12.3. The number of nitrogens with one attached hydrogen (secondary N) is 1. The van der Waals surface area contributed by atoms with E-state index >= 15 is 0 Å². The van der Waals surface area contributed by atoms with Crippen molar-refractivity contribution in [1.29, 1.82) is 0 Å². The van der Waals surface area contributed by atoms with Crippen molar-refractivity contribution in [2.75, 3.05) is 6.54 Å². The molecule has 11 heteroatoms. The van der Waals surface area contributed by atoms with Gasteiger partial charge in [-0.2, -0.15) is 5.10 Å². The van der Waals surface area contributed by atoms with Crippen molar-refractivity contribution in [3.05, 3.63) is 54.0 Å². The molecule has 0 aliphatic heterocycles. The fraction of sp³-hybridized carbons (Fsp3) is 0.188. The van der Waals surface area contributed by atoms with Gasteiger partial charge in [0.25, 0.3) is 0 Å². The molecule has 0 amide bonds.